The molecular formula is C35H56ClN7O5S. The molecule has 1 spiro atoms. The van der Waals surface area contributed by atoms with Crippen LogP contribution in [0.15, 0.2) is 29.2 Å². The first-order valence-electron chi connectivity index (χ1n) is 17.7. The normalized spacial score (nSPS) is 21.2. The summed E-state index contributed by atoms with van der Waals surface area (Å²) in [5, 5.41) is 19.1. The molecule has 2 amide bonds. The summed E-state index contributed by atoms with van der Waals surface area (Å²) < 4.78 is 29.9. The number of amides is 2. The predicted molar refractivity (Wildman–Crippen MR) is 192 cm³/mol. The molecule has 1 atom stereocenters. The van der Waals surface area contributed by atoms with Gasteiger partial charge in [-0.15, -0.1) is 12.4 Å². The second-order valence-corrected chi connectivity index (χ2v) is 16.2. The maximum absolute atomic E-state index is 13.9. The molecule has 12 nitrogen and oxygen atoms in total. The van der Waals surface area contributed by atoms with Gasteiger partial charge in [0, 0.05) is 56.9 Å². The second kappa shape index (κ2) is 16.2. The molecule has 274 valence electrons. The van der Waals surface area contributed by atoms with Crippen LogP contribution in [0.3, 0.4) is 0 Å². The Morgan fingerprint density at radius 3 is 2.31 bits per heavy atom. The fourth-order valence-electron chi connectivity index (χ4n) is 7.66. The standard InChI is InChI=1S/C35H55N7O5S.ClH/c1-6-7-20-41-32(43)31(24-34(45)15-9-8-10-16-34)37-33(44)35(41)17-21-40(22-18-35)25-30-26(2)38-42(27(30)3)28-11-13-29(14-12-28)48(46,47)36-19-23-39(4)5;/h11-14,31,36,45H,6-10,15-25H2,1-5H3,(H,37,44);1H/t31-;/m1./s1. The van der Waals surface area contributed by atoms with E-state index in [0.29, 0.717) is 65.0 Å². The van der Waals surface area contributed by atoms with Crippen molar-refractivity contribution in [2.75, 3.05) is 46.8 Å². The van der Waals surface area contributed by atoms with Gasteiger partial charge in [0.2, 0.25) is 21.8 Å². The first kappa shape index (κ1) is 39.2. The number of piperazine rings is 1. The van der Waals surface area contributed by atoms with Crippen molar-refractivity contribution in [3.05, 3.63) is 41.2 Å². The molecule has 3 aliphatic rings. The Kier molecular flexibility index (Phi) is 13.0. The fraction of sp³-hybridized carbons (Fsp3) is 0.686. The molecule has 1 aromatic carbocycles. The topological polar surface area (TPSA) is 140 Å². The van der Waals surface area contributed by atoms with Gasteiger partial charge in [-0.2, -0.15) is 5.10 Å². The highest BCUT2D eigenvalue weighted by atomic mass is 35.5. The van der Waals surface area contributed by atoms with E-state index in [-0.39, 0.29) is 35.5 Å². The van der Waals surface area contributed by atoms with Crippen molar-refractivity contribution < 1.29 is 23.1 Å². The highest BCUT2D eigenvalue weighted by molar-refractivity contribution is 7.89. The SMILES string of the molecule is CCCCN1C(=O)[C@@H](CC2(O)CCCCC2)NC(=O)C12CCN(Cc1c(C)nn(-c3ccc(S(=O)(=O)NCCN(C)C)cc3)c1C)CC2.Cl. The molecule has 2 saturated heterocycles. The molecule has 0 unspecified atom stereocenters. The van der Waals surface area contributed by atoms with Crippen LogP contribution >= 0.6 is 12.4 Å². The van der Waals surface area contributed by atoms with E-state index < -0.39 is 27.2 Å². The molecule has 3 fully saturated rings. The van der Waals surface area contributed by atoms with Crippen LogP contribution in [-0.2, 0) is 26.2 Å². The summed E-state index contributed by atoms with van der Waals surface area (Å²) in [6.07, 6.45) is 7.52. The number of aryl methyl sites for hydroxylation is 1. The molecule has 5 rings (SSSR count). The van der Waals surface area contributed by atoms with Crippen LogP contribution in [0.2, 0.25) is 0 Å². The van der Waals surface area contributed by atoms with Crippen LogP contribution in [0.1, 0.15) is 88.1 Å². The summed E-state index contributed by atoms with van der Waals surface area (Å²) in [4.78, 5) is 34.2. The number of piperidine rings is 1. The van der Waals surface area contributed by atoms with Crippen LogP contribution in [0.5, 0.6) is 0 Å². The Labute approximate surface area is 298 Å². The zero-order valence-corrected chi connectivity index (χ0v) is 31.5. The highest BCUT2D eigenvalue weighted by Gasteiger charge is 2.54. The van der Waals surface area contributed by atoms with Gasteiger partial charge in [-0.1, -0.05) is 32.6 Å². The average Bonchev–Trinajstić information content (AvgIpc) is 3.33. The number of halogens is 1. The van der Waals surface area contributed by atoms with E-state index in [9.17, 15) is 23.1 Å². The van der Waals surface area contributed by atoms with Gasteiger partial charge < -0.3 is 20.2 Å². The monoisotopic (exact) mass is 721 g/mol. The Balaban J connectivity index is 0.00000541. The van der Waals surface area contributed by atoms with Crippen molar-refractivity contribution in [3.63, 3.8) is 0 Å². The van der Waals surface area contributed by atoms with Crippen molar-refractivity contribution >= 4 is 34.2 Å². The molecule has 2 aromatic rings. The molecule has 2 aliphatic heterocycles. The van der Waals surface area contributed by atoms with E-state index in [1.54, 1.807) is 24.3 Å². The highest BCUT2D eigenvalue weighted by Crippen LogP contribution is 2.38. The number of likely N-dealkylation sites (tertiary alicyclic amines) is 1. The number of aliphatic hydroxyl groups is 1. The lowest BCUT2D eigenvalue weighted by atomic mass is 9.77. The Morgan fingerprint density at radius 2 is 1.69 bits per heavy atom. The van der Waals surface area contributed by atoms with Crippen LogP contribution in [0.4, 0.5) is 0 Å². The maximum atomic E-state index is 13.9. The van der Waals surface area contributed by atoms with E-state index in [1.807, 2.05) is 42.4 Å². The number of sulfonamides is 1. The zero-order chi connectivity index (χ0) is 34.7. The van der Waals surface area contributed by atoms with Gasteiger partial charge >= 0.3 is 0 Å². The second-order valence-electron chi connectivity index (χ2n) is 14.4. The van der Waals surface area contributed by atoms with Crippen LogP contribution in [0.25, 0.3) is 5.69 Å². The average molecular weight is 722 g/mol. The number of unbranched alkanes of at least 4 members (excludes halogenated alkanes) is 1. The van der Waals surface area contributed by atoms with Crippen molar-refractivity contribution in [3.8, 4) is 5.69 Å². The molecule has 49 heavy (non-hydrogen) atoms. The molecule has 0 radical (unpaired) electrons. The lowest BCUT2D eigenvalue weighted by molar-refractivity contribution is -0.163. The molecule has 1 aliphatic carbocycles. The number of likely N-dealkylation sites (N-methyl/N-ethyl adjacent to an activating group) is 1. The van der Waals surface area contributed by atoms with Crippen LogP contribution in [0, 0.1) is 13.8 Å². The number of hydrogen-bond donors (Lipinski definition) is 3. The quantitative estimate of drug-likeness (QED) is 0.287. The third-order valence-electron chi connectivity index (χ3n) is 10.7. The number of aromatic nitrogens is 2. The Morgan fingerprint density at radius 1 is 1.04 bits per heavy atom. The number of nitrogens with zero attached hydrogens (tertiary/aromatic N) is 5. The van der Waals surface area contributed by atoms with E-state index >= 15 is 0 Å². The molecule has 1 saturated carbocycles. The summed E-state index contributed by atoms with van der Waals surface area (Å²) in [6.45, 7) is 9.58. The number of carbonyl (C=O) groups is 2. The third kappa shape index (κ3) is 8.68. The summed E-state index contributed by atoms with van der Waals surface area (Å²) in [6, 6.07) is 6.09. The predicted octanol–water partition coefficient (Wildman–Crippen LogP) is 3.30. The van der Waals surface area contributed by atoms with E-state index in [1.165, 1.54) is 0 Å². The molecule has 0 bridgehead atoms. The first-order valence-corrected chi connectivity index (χ1v) is 19.1. The summed E-state index contributed by atoms with van der Waals surface area (Å²) in [5.74, 6) is -0.132. The molecule has 14 heteroatoms. The van der Waals surface area contributed by atoms with Gasteiger partial charge in [0.05, 0.1) is 21.9 Å². The molecule has 1 aromatic heterocycles. The van der Waals surface area contributed by atoms with Gasteiger partial charge in [-0.25, -0.2) is 17.8 Å². The largest absolute Gasteiger partial charge is 0.390 e. The van der Waals surface area contributed by atoms with Crippen LogP contribution < -0.4 is 10.0 Å². The number of carbonyl (C=O) groups excluding carboxylic acids is 2. The minimum absolute atomic E-state index is 0. The Bertz CT molecular complexity index is 1550. The van der Waals surface area contributed by atoms with Gasteiger partial charge in [0.1, 0.15) is 11.6 Å². The third-order valence-corrected chi connectivity index (χ3v) is 12.1. The maximum Gasteiger partial charge on any atom is 0.246 e. The van der Waals surface area contributed by atoms with Crippen molar-refractivity contribution in [1.82, 2.24) is 34.5 Å². The van der Waals surface area contributed by atoms with Gasteiger partial charge in [0.15, 0.2) is 0 Å². The smallest absolute Gasteiger partial charge is 0.246 e. The fourth-order valence-corrected chi connectivity index (χ4v) is 8.68. The lowest BCUT2D eigenvalue weighted by Crippen LogP contribution is -2.73. The number of rotatable bonds is 13. The lowest BCUT2D eigenvalue weighted by Gasteiger charge is -2.52. The van der Waals surface area contributed by atoms with E-state index in [4.69, 9.17) is 5.10 Å². The van der Waals surface area contributed by atoms with Gasteiger partial charge in [-0.05, 0) is 84.3 Å². The van der Waals surface area contributed by atoms with E-state index in [2.05, 4.69) is 21.9 Å². The first-order chi connectivity index (χ1) is 22.8. The number of hydrogen-bond acceptors (Lipinski definition) is 8. The molecule has 3 N–H and O–H groups in total. The van der Waals surface area contributed by atoms with Crippen molar-refractivity contribution in [1.29, 1.82) is 0 Å². The van der Waals surface area contributed by atoms with Gasteiger partial charge in [0.25, 0.3) is 0 Å². The molecule has 3 heterocycles. The molecular weight excluding hydrogens is 666 g/mol. The van der Waals surface area contributed by atoms with Crippen LogP contribution in [-0.4, -0.2) is 114 Å². The Hall–Kier alpha value is -2.55. The van der Waals surface area contributed by atoms with Crippen molar-refractivity contribution in [2.45, 2.75) is 114 Å². The number of benzene rings is 1. The minimum atomic E-state index is -3.61. The van der Waals surface area contributed by atoms with Gasteiger partial charge in [-0.3, -0.25) is 14.5 Å². The zero-order valence-electron chi connectivity index (χ0n) is 29.8. The summed E-state index contributed by atoms with van der Waals surface area (Å²) >= 11 is 0. The summed E-state index contributed by atoms with van der Waals surface area (Å²) in [7, 11) is 0.186. The number of nitrogens with one attached hydrogen (secondary N) is 2. The minimum Gasteiger partial charge on any atom is -0.390 e. The van der Waals surface area contributed by atoms with Crippen molar-refractivity contribution in [2.24, 2.45) is 0 Å². The summed E-state index contributed by atoms with van der Waals surface area (Å²) in [5.41, 5.74) is 1.99. The van der Waals surface area contributed by atoms with E-state index in [0.717, 1.165) is 54.7 Å².